The van der Waals surface area contributed by atoms with E-state index in [0.29, 0.717) is 15.9 Å². The molecule has 44 heavy (non-hydrogen) atoms. The third-order valence-electron chi connectivity index (χ3n) is 8.40. The number of amides is 1. The lowest BCUT2D eigenvalue weighted by molar-refractivity contribution is -0.194. The van der Waals surface area contributed by atoms with Crippen LogP contribution in [0.5, 0.6) is 0 Å². The van der Waals surface area contributed by atoms with Gasteiger partial charge in [-0.2, -0.15) is 4.37 Å². The Kier molecular flexibility index (Phi) is 6.48. The standard InChI is InChI=1S/C21H25N9O11P2S/c22-16-11-10(24-5-25-16)14(44-29-11)7-1-9-8(39-7)2-37-43(34,35)41-15-13-19(40-21(15,3-36-13)4-38-42(9,32)33)30-6-26-12-17(30)27-20(23)28-18(12)31/h5-9,12-13,15,17,19H,1-4H2,(H,32,33)(H,34,35)(H2,22,24,25)(H3,23,27,28,31)/t7-,8-,9+,12?,13-,15+,17?,19-,21-/m1/s1. The number of fused-ring (bicyclic) bond motifs is 3. The van der Waals surface area contributed by atoms with Crippen LogP contribution in [0.25, 0.3) is 11.0 Å². The highest BCUT2D eigenvalue weighted by atomic mass is 32.1. The fraction of sp³-hybridized carbons (Fsp3) is 0.619. The Labute approximate surface area is 251 Å². The molecule has 7 N–H and O–H groups in total. The van der Waals surface area contributed by atoms with Crippen molar-refractivity contribution in [2.45, 2.75) is 60.5 Å². The minimum atomic E-state index is -4.84. The van der Waals surface area contributed by atoms with Crippen LogP contribution in [0.2, 0.25) is 0 Å². The van der Waals surface area contributed by atoms with Gasteiger partial charge in [-0.3, -0.25) is 28.7 Å². The number of guanidine groups is 1. The topological polar surface area (TPSA) is 278 Å². The van der Waals surface area contributed by atoms with Crippen LogP contribution in [0.15, 0.2) is 16.3 Å². The Bertz CT molecular complexity index is 1710. The summed E-state index contributed by atoms with van der Waals surface area (Å²) in [5, 5.41) is 2.40. The van der Waals surface area contributed by atoms with Gasteiger partial charge >= 0.3 is 15.4 Å². The first kappa shape index (κ1) is 28.8. The maximum absolute atomic E-state index is 13.8. The number of carbonyl (C=O) groups is 1. The number of anilines is 1. The second kappa shape index (κ2) is 9.91. The van der Waals surface area contributed by atoms with Crippen molar-refractivity contribution in [1.29, 1.82) is 0 Å². The predicted molar refractivity (Wildman–Crippen MR) is 147 cm³/mol. The van der Waals surface area contributed by atoms with E-state index in [-0.39, 0.29) is 24.8 Å². The Morgan fingerprint density at radius 3 is 2.84 bits per heavy atom. The zero-order valence-corrected chi connectivity index (χ0v) is 24.9. The smallest absolute Gasteiger partial charge is 0.382 e. The molecule has 1 amide bonds. The van der Waals surface area contributed by atoms with Crippen LogP contribution in [0, 0.1) is 0 Å². The van der Waals surface area contributed by atoms with Crippen molar-refractivity contribution >= 4 is 62.0 Å². The summed E-state index contributed by atoms with van der Waals surface area (Å²) in [6.45, 7) is -1.33. The molecule has 11 atom stereocenters. The Balaban J connectivity index is 1.08. The number of aromatic nitrogens is 3. The zero-order chi connectivity index (χ0) is 30.6. The van der Waals surface area contributed by atoms with Gasteiger partial charge in [-0.1, -0.05) is 0 Å². The van der Waals surface area contributed by atoms with Crippen molar-refractivity contribution in [3.8, 4) is 0 Å². The van der Waals surface area contributed by atoms with Crippen LogP contribution in [0.1, 0.15) is 17.4 Å². The second-order valence-corrected chi connectivity index (χ2v) is 15.3. The summed E-state index contributed by atoms with van der Waals surface area (Å²) in [6, 6.07) is -0.919. The van der Waals surface area contributed by atoms with E-state index in [0.717, 1.165) is 11.5 Å². The number of nitrogens with two attached hydrogens (primary N) is 2. The number of nitrogens with one attached hydrogen (secondary N) is 1. The summed E-state index contributed by atoms with van der Waals surface area (Å²) >= 11 is 1.05. The molecule has 0 aromatic carbocycles. The van der Waals surface area contributed by atoms with Crippen LogP contribution in [0.3, 0.4) is 0 Å². The van der Waals surface area contributed by atoms with Gasteiger partial charge in [-0.05, 0) is 18.0 Å². The Morgan fingerprint density at radius 2 is 2.00 bits per heavy atom. The molecule has 0 saturated carbocycles. The number of nitrogens with zero attached hydrogens (tertiary/aromatic N) is 6. The van der Waals surface area contributed by atoms with E-state index in [1.165, 1.54) is 17.6 Å². The minimum absolute atomic E-state index is 0.0204. The average molecular weight is 673 g/mol. The summed E-state index contributed by atoms with van der Waals surface area (Å²) in [5.74, 6) is -0.420. The lowest BCUT2D eigenvalue weighted by Gasteiger charge is -2.37. The van der Waals surface area contributed by atoms with E-state index in [4.69, 9.17) is 39.2 Å². The van der Waals surface area contributed by atoms with Gasteiger partial charge in [-0.15, -0.1) is 0 Å². The quantitative estimate of drug-likeness (QED) is 0.228. The normalized spacial score (nSPS) is 45.0. The number of ether oxygens (including phenoxy) is 3. The van der Waals surface area contributed by atoms with Crippen molar-refractivity contribution in [3.63, 3.8) is 0 Å². The molecule has 0 aliphatic carbocycles. The molecule has 23 heteroatoms. The monoisotopic (exact) mass is 673 g/mol. The van der Waals surface area contributed by atoms with Gasteiger partial charge in [0.1, 0.15) is 35.2 Å². The molecule has 4 unspecified atom stereocenters. The molecule has 0 radical (unpaired) electrons. The molecule has 20 nitrogen and oxygen atoms in total. The highest BCUT2D eigenvalue weighted by Gasteiger charge is 2.68. The van der Waals surface area contributed by atoms with Gasteiger partial charge in [0.05, 0.1) is 48.9 Å². The third-order valence-corrected chi connectivity index (χ3v) is 12.2. The van der Waals surface area contributed by atoms with E-state index < -0.39 is 88.7 Å². The number of nitrogen functional groups attached to an aromatic ring is 1. The first-order valence-corrected chi connectivity index (χ1v) is 17.2. The summed E-state index contributed by atoms with van der Waals surface area (Å²) < 4.78 is 66.3. The molecule has 2 aromatic rings. The van der Waals surface area contributed by atoms with Crippen molar-refractivity contribution in [3.05, 3.63) is 11.2 Å². The number of phosphoric ester groups is 1. The van der Waals surface area contributed by atoms with Crippen LogP contribution in [-0.2, 0) is 41.7 Å². The molecule has 8 heterocycles. The van der Waals surface area contributed by atoms with Crippen molar-refractivity contribution < 1.29 is 51.5 Å². The van der Waals surface area contributed by atoms with Crippen LogP contribution < -0.4 is 16.8 Å². The van der Waals surface area contributed by atoms with Gasteiger partial charge in [0, 0.05) is 0 Å². The number of hydrogen-bond donors (Lipinski definition) is 5. The van der Waals surface area contributed by atoms with Gasteiger partial charge in [-0.25, -0.2) is 19.5 Å². The van der Waals surface area contributed by atoms with E-state index >= 15 is 0 Å². The highest BCUT2D eigenvalue weighted by Crippen LogP contribution is 2.61. The highest BCUT2D eigenvalue weighted by molar-refractivity contribution is 7.53. The van der Waals surface area contributed by atoms with Gasteiger partial charge in [0.15, 0.2) is 30.2 Å². The van der Waals surface area contributed by atoms with E-state index in [1.807, 2.05) is 0 Å². The predicted octanol–water partition coefficient (Wildman–Crippen LogP) is -1.44. The largest absolute Gasteiger partial charge is 0.472 e. The maximum atomic E-state index is 13.8. The molecule has 0 spiro atoms. The molecule has 4 saturated heterocycles. The second-order valence-electron chi connectivity index (χ2n) is 11.0. The maximum Gasteiger partial charge on any atom is 0.472 e. The molecule has 6 aliphatic rings. The lowest BCUT2D eigenvalue weighted by atomic mass is 10.0. The fourth-order valence-corrected chi connectivity index (χ4v) is 9.82. The molecule has 4 fully saturated rings. The van der Waals surface area contributed by atoms with Crippen molar-refractivity contribution in [2.75, 3.05) is 25.6 Å². The number of phosphoric acid groups is 1. The van der Waals surface area contributed by atoms with Gasteiger partial charge in [0.2, 0.25) is 0 Å². The summed E-state index contributed by atoms with van der Waals surface area (Å²) in [7, 11) is -9.36. The zero-order valence-electron chi connectivity index (χ0n) is 22.3. The van der Waals surface area contributed by atoms with Crippen LogP contribution >= 0.6 is 27.0 Å². The Morgan fingerprint density at radius 1 is 1.16 bits per heavy atom. The molecular weight excluding hydrogens is 648 g/mol. The first-order valence-electron chi connectivity index (χ1n) is 13.3. The number of hydrogen-bond acceptors (Lipinski definition) is 18. The summed E-state index contributed by atoms with van der Waals surface area (Å²) in [5.41, 5.74) is 9.67. The van der Waals surface area contributed by atoms with E-state index in [9.17, 15) is 23.7 Å². The number of rotatable bonds is 2. The Hall–Kier alpha value is -2.68. The van der Waals surface area contributed by atoms with E-state index in [2.05, 4.69) is 29.6 Å². The minimum Gasteiger partial charge on any atom is -0.382 e. The van der Waals surface area contributed by atoms with Crippen molar-refractivity contribution in [2.24, 2.45) is 15.7 Å². The molecule has 236 valence electrons. The van der Waals surface area contributed by atoms with Crippen molar-refractivity contribution in [1.82, 2.24) is 24.6 Å². The summed E-state index contributed by atoms with van der Waals surface area (Å²) in [4.78, 5) is 53.0. The molecule has 6 aliphatic heterocycles. The average Bonchev–Trinajstić information content (AvgIpc) is 3.78. The number of aliphatic imine (C=N–C) groups is 2. The van der Waals surface area contributed by atoms with Gasteiger partial charge < -0.3 is 44.9 Å². The SMILES string of the molecule is NC1=NC2C(N=CN2[C@@H]2O[C@@]34CO[C@@H]2[C@@H]3OP(=O)(O)OC[C@H]2O[C@@H](c3snc5c(N)ncnc35)C[C@@H]2P(=O)(O)OC4)C(=O)N1. The number of carbonyl (C=O) groups excluding carboxylic acids is 1. The van der Waals surface area contributed by atoms with Crippen LogP contribution in [-0.4, -0.2) is 115 Å². The molecule has 8 rings (SSSR count). The van der Waals surface area contributed by atoms with E-state index in [1.54, 1.807) is 0 Å². The lowest BCUT2D eigenvalue weighted by Crippen LogP contribution is -2.57. The molecular formula is C21H25N9O11P2S. The fourth-order valence-electron chi connectivity index (χ4n) is 6.32. The summed E-state index contributed by atoms with van der Waals surface area (Å²) in [6.07, 6.45) is -3.54. The first-order chi connectivity index (χ1) is 20.9. The molecule has 2 aromatic heterocycles. The third kappa shape index (κ3) is 4.42. The van der Waals surface area contributed by atoms with Crippen LogP contribution in [0.4, 0.5) is 5.82 Å². The van der Waals surface area contributed by atoms with Gasteiger partial charge in [0.25, 0.3) is 5.91 Å². The molecule has 2 bridgehead atoms.